The lowest BCUT2D eigenvalue weighted by molar-refractivity contribution is -0.774. The second-order valence-corrected chi connectivity index (χ2v) is 7.73. The van der Waals surface area contributed by atoms with Gasteiger partial charge >= 0.3 is 0 Å². The molecule has 5 heteroatoms. The Bertz CT molecular complexity index is 452. The number of rotatable bonds is 14. The summed E-state index contributed by atoms with van der Waals surface area (Å²) in [5.41, 5.74) is 0. The molecule has 0 aromatic carbocycles. The normalized spacial score (nSPS) is 13.7. The van der Waals surface area contributed by atoms with Gasteiger partial charge < -0.3 is 4.55 Å². The molecule has 0 bridgehead atoms. The van der Waals surface area contributed by atoms with Crippen LogP contribution >= 0.6 is 0 Å². The molecule has 0 aromatic rings. The predicted octanol–water partition coefficient (Wildman–Crippen LogP) is 5.07. The van der Waals surface area contributed by atoms with Crippen molar-refractivity contribution in [3.63, 3.8) is 0 Å². The third kappa shape index (κ3) is 12.5. The van der Waals surface area contributed by atoms with Crippen LogP contribution in [0.15, 0.2) is 36.8 Å². The van der Waals surface area contributed by atoms with Gasteiger partial charge in [-0.15, -0.1) is 0 Å². The minimum Gasteiger partial charge on any atom is -0.748 e. The summed E-state index contributed by atoms with van der Waals surface area (Å²) in [6, 6.07) is 0. The van der Waals surface area contributed by atoms with Crippen molar-refractivity contribution >= 4 is 10.1 Å². The van der Waals surface area contributed by atoms with E-state index >= 15 is 0 Å². The van der Waals surface area contributed by atoms with E-state index in [1.54, 1.807) is 0 Å². The molecule has 0 N–H and O–H groups in total. The van der Waals surface area contributed by atoms with Crippen LogP contribution in [0.2, 0.25) is 0 Å². The lowest BCUT2D eigenvalue weighted by atomic mass is 10.2. The standard InChI is InChI=1S/C19H35NO3S/c1-4-7-10-15-20(16-11-8-5-2,17-12-9-6-3)18-13-14-19-24(21,22)23/h10-12,15-17H,4-9,13-14,18-19H2,1-3H3/b15-10+,16-11+,17-12+. The first-order chi connectivity index (χ1) is 11.4. The summed E-state index contributed by atoms with van der Waals surface area (Å²) in [5.74, 6) is -0.275. The topological polar surface area (TPSA) is 57.2 Å². The Morgan fingerprint density at radius 2 is 1.21 bits per heavy atom. The zero-order chi connectivity index (χ0) is 18.3. The minimum atomic E-state index is -4.12. The first kappa shape index (κ1) is 23.1. The molecule has 0 aliphatic heterocycles. The highest BCUT2D eigenvalue weighted by atomic mass is 32.2. The van der Waals surface area contributed by atoms with E-state index in [0.717, 1.165) is 45.1 Å². The molecule has 0 aromatic heterocycles. The third-order valence-electron chi connectivity index (χ3n) is 3.70. The molecule has 0 fully saturated rings. The molecular formula is C19H35NO3S. The van der Waals surface area contributed by atoms with Gasteiger partial charge in [0, 0.05) is 5.75 Å². The summed E-state index contributed by atoms with van der Waals surface area (Å²) >= 11 is 0. The number of hydrogen-bond donors (Lipinski definition) is 0. The van der Waals surface area contributed by atoms with Gasteiger partial charge in [-0.2, -0.15) is 0 Å². The van der Waals surface area contributed by atoms with E-state index < -0.39 is 10.1 Å². The van der Waals surface area contributed by atoms with E-state index in [4.69, 9.17) is 0 Å². The Morgan fingerprint density at radius 3 is 1.54 bits per heavy atom. The van der Waals surface area contributed by atoms with Crippen molar-refractivity contribution in [1.82, 2.24) is 0 Å². The summed E-state index contributed by atoms with van der Waals surface area (Å²) in [5, 5.41) is 0. The summed E-state index contributed by atoms with van der Waals surface area (Å²) in [6.45, 7) is 7.23. The molecule has 0 unspecified atom stereocenters. The smallest absolute Gasteiger partial charge is 0.101 e. The van der Waals surface area contributed by atoms with Gasteiger partial charge in [0.05, 0.1) is 16.7 Å². The minimum absolute atomic E-state index is 0.275. The maximum Gasteiger partial charge on any atom is 0.101 e. The Morgan fingerprint density at radius 1 is 0.792 bits per heavy atom. The quantitative estimate of drug-likeness (QED) is 0.248. The molecule has 0 aliphatic rings. The van der Waals surface area contributed by atoms with E-state index in [2.05, 4.69) is 57.6 Å². The molecule has 0 aliphatic carbocycles. The maximum absolute atomic E-state index is 10.8. The molecule has 0 heterocycles. The number of hydrogen-bond acceptors (Lipinski definition) is 3. The van der Waals surface area contributed by atoms with Crippen LogP contribution in [-0.2, 0) is 10.1 Å². The first-order valence-corrected chi connectivity index (χ1v) is 10.8. The first-order valence-electron chi connectivity index (χ1n) is 9.23. The van der Waals surface area contributed by atoms with Crippen LogP contribution in [-0.4, -0.2) is 29.8 Å². The van der Waals surface area contributed by atoms with E-state index in [1.807, 2.05) is 0 Å². The Hall–Kier alpha value is -0.910. The summed E-state index contributed by atoms with van der Waals surface area (Å²) in [6.07, 6.45) is 20.6. The largest absolute Gasteiger partial charge is 0.748 e. The predicted molar refractivity (Wildman–Crippen MR) is 101 cm³/mol. The second kappa shape index (κ2) is 13.4. The van der Waals surface area contributed by atoms with E-state index in [-0.39, 0.29) is 5.75 Å². The van der Waals surface area contributed by atoms with Crippen LogP contribution in [0.25, 0.3) is 0 Å². The number of unbranched alkanes of at least 4 members (excludes halogenated alkanes) is 4. The van der Waals surface area contributed by atoms with Crippen molar-refractivity contribution in [1.29, 1.82) is 0 Å². The molecule has 24 heavy (non-hydrogen) atoms. The Kier molecular flexibility index (Phi) is 12.9. The molecule has 4 nitrogen and oxygen atoms in total. The molecule has 0 radical (unpaired) electrons. The van der Waals surface area contributed by atoms with E-state index in [1.165, 1.54) is 0 Å². The number of nitrogens with zero attached hydrogens (tertiary/aromatic N) is 1. The van der Waals surface area contributed by atoms with Gasteiger partial charge in [-0.05, 0) is 50.3 Å². The summed E-state index contributed by atoms with van der Waals surface area (Å²) in [4.78, 5) is 0. The zero-order valence-electron chi connectivity index (χ0n) is 15.6. The van der Waals surface area contributed by atoms with Crippen LogP contribution in [0.4, 0.5) is 0 Å². The third-order valence-corrected chi connectivity index (χ3v) is 4.49. The van der Waals surface area contributed by atoms with Crippen molar-refractivity contribution in [2.24, 2.45) is 0 Å². The molecule has 0 spiro atoms. The van der Waals surface area contributed by atoms with Crippen molar-refractivity contribution in [3.05, 3.63) is 36.8 Å². The van der Waals surface area contributed by atoms with Gasteiger partial charge in [0.25, 0.3) is 0 Å². The maximum atomic E-state index is 10.8. The van der Waals surface area contributed by atoms with Gasteiger partial charge in [0.15, 0.2) is 0 Å². The average Bonchev–Trinajstić information content (AvgIpc) is 2.51. The summed E-state index contributed by atoms with van der Waals surface area (Å²) < 4.78 is 33.0. The molecule has 140 valence electrons. The average molecular weight is 358 g/mol. The van der Waals surface area contributed by atoms with Crippen molar-refractivity contribution in [3.8, 4) is 0 Å². The molecular weight excluding hydrogens is 322 g/mol. The van der Waals surface area contributed by atoms with Crippen LogP contribution in [0.3, 0.4) is 0 Å². The molecule has 0 saturated heterocycles. The van der Waals surface area contributed by atoms with Crippen molar-refractivity contribution in [2.45, 2.75) is 72.1 Å². The van der Waals surface area contributed by atoms with Crippen LogP contribution in [0.1, 0.15) is 72.1 Å². The zero-order valence-corrected chi connectivity index (χ0v) is 16.4. The summed E-state index contributed by atoms with van der Waals surface area (Å²) in [7, 11) is -4.12. The molecule has 0 saturated carbocycles. The second-order valence-electron chi connectivity index (χ2n) is 6.21. The highest BCUT2D eigenvalue weighted by molar-refractivity contribution is 7.85. The fraction of sp³-hybridized carbons (Fsp3) is 0.684. The van der Waals surface area contributed by atoms with Crippen LogP contribution in [0, 0.1) is 0 Å². The fourth-order valence-electron chi connectivity index (χ4n) is 2.35. The van der Waals surface area contributed by atoms with Gasteiger partial charge in [-0.3, -0.25) is 0 Å². The van der Waals surface area contributed by atoms with Gasteiger partial charge in [-0.1, -0.05) is 40.0 Å². The fourth-order valence-corrected chi connectivity index (χ4v) is 2.91. The van der Waals surface area contributed by atoms with Gasteiger partial charge in [0.2, 0.25) is 0 Å². The number of allylic oxidation sites excluding steroid dienone is 3. The van der Waals surface area contributed by atoms with Crippen LogP contribution < -0.4 is 0 Å². The van der Waals surface area contributed by atoms with Crippen molar-refractivity contribution < 1.29 is 17.5 Å². The molecule has 0 amide bonds. The highest BCUT2D eigenvalue weighted by Gasteiger charge is 2.18. The van der Waals surface area contributed by atoms with Crippen molar-refractivity contribution in [2.75, 3.05) is 12.3 Å². The van der Waals surface area contributed by atoms with Gasteiger partial charge in [0.1, 0.15) is 18.6 Å². The Balaban J connectivity index is 5.13. The van der Waals surface area contributed by atoms with Crippen LogP contribution in [0.5, 0.6) is 0 Å². The molecule has 0 atom stereocenters. The lowest BCUT2D eigenvalue weighted by Crippen LogP contribution is -2.32. The Labute approximate surface area is 149 Å². The SMILES string of the molecule is CCC/C=C/[N+](/C=C/CCC)(/C=C/CCC)CCCCS(=O)(=O)[O-]. The lowest BCUT2D eigenvalue weighted by Gasteiger charge is -2.27. The molecule has 0 rings (SSSR count). The monoisotopic (exact) mass is 357 g/mol. The number of quaternary nitrogens is 1. The van der Waals surface area contributed by atoms with E-state index in [0.29, 0.717) is 17.3 Å². The van der Waals surface area contributed by atoms with E-state index in [9.17, 15) is 13.0 Å². The highest BCUT2D eigenvalue weighted by Crippen LogP contribution is 2.17. The van der Waals surface area contributed by atoms with Gasteiger partial charge in [-0.25, -0.2) is 12.9 Å².